The number of hydrogen-bond donors (Lipinski definition) is 1. The van der Waals surface area contributed by atoms with Crippen LogP contribution in [-0.4, -0.2) is 14.5 Å². The van der Waals surface area contributed by atoms with Crippen LogP contribution in [0.4, 0.5) is 5.95 Å². The maximum Gasteiger partial charge on any atom is 0.201 e. The average molecular weight is 272 g/mol. The molecule has 3 rings (SSSR count). The lowest BCUT2D eigenvalue weighted by atomic mass is 10.2. The summed E-state index contributed by atoms with van der Waals surface area (Å²) in [6.45, 7) is 6.26. The van der Waals surface area contributed by atoms with Crippen molar-refractivity contribution in [3.8, 4) is 0 Å². The molecule has 2 heterocycles. The number of benzene rings is 1. The molecule has 0 amide bonds. The summed E-state index contributed by atoms with van der Waals surface area (Å²) in [5, 5.41) is 1.06. The highest BCUT2D eigenvalue weighted by Gasteiger charge is 2.18. The van der Waals surface area contributed by atoms with Crippen LogP contribution in [0.2, 0.25) is 0 Å². The molecule has 4 nitrogen and oxygen atoms in total. The molecule has 1 unspecified atom stereocenters. The molecule has 0 saturated carbocycles. The van der Waals surface area contributed by atoms with Crippen molar-refractivity contribution in [2.75, 3.05) is 5.73 Å². The number of anilines is 1. The highest BCUT2D eigenvalue weighted by Crippen LogP contribution is 2.30. The number of rotatable bonds is 2. The van der Waals surface area contributed by atoms with Crippen molar-refractivity contribution in [1.29, 1.82) is 0 Å². The number of nitrogens with two attached hydrogens (primary N) is 1. The first kappa shape index (κ1) is 12.2. The Morgan fingerprint density at radius 1 is 1.32 bits per heavy atom. The smallest absolute Gasteiger partial charge is 0.201 e. The van der Waals surface area contributed by atoms with Gasteiger partial charge in [0.05, 0.1) is 17.1 Å². The number of fused-ring (bicyclic) bond motifs is 1. The molecule has 98 valence electrons. The Hall–Kier alpha value is -1.88. The first-order valence-electron chi connectivity index (χ1n) is 6.23. The minimum Gasteiger partial charge on any atom is -0.369 e. The maximum atomic E-state index is 6.10. The van der Waals surface area contributed by atoms with E-state index in [4.69, 9.17) is 5.73 Å². The summed E-state index contributed by atoms with van der Waals surface area (Å²) in [4.78, 5) is 10.1. The molecule has 1 aromatic carbocycles. The lowest BCUT2D eigenvalue weighted by Gasteiger charge is -2.14. The topological polar surface area (TPSA) is 56.7 Å². The van der Waals surface area contributed by atoms with Crippen LogP contribution in [0.1, 0.15) is 28.4 Å². The number of nitrogen functional groups attached to an aromatic ring is 1. The lowest BCUT2D eigenvalue weighted by molar-refractivity contribution is 0.661. The third-order valence-corrected chi connectivity index (χ3v) is 4.41. The van der Waals surface area contributed by atoms with E-state index < -0.39 is 0 Å². The first-order chi connectivity index (χ1) is 9.08. The molecule has 0 aliphatic heterocycles. The Balaban J connectivity index is 2.22. The summed E-state index contributed by atoms with van der Waals surface area (Å²) in [5.74, 6) is 0.546. The molecule has 0 fully saturated rings. The summed E-state index contributed by atoms with van der Waals surface area (Å²) in [6.07, 6.45) is 1.90. The van der Waals surface area contributed by atoms with Gasteiger partial charge in [-0.3, -0.25) is 0 Å². The SMILES string of the molecule is Cc1cnc(C(C)n2c(N)nc3cccc(C)c32)s1. The van der Waals surface area contributed by atoms with Crippen LogP contribution in [-0.2, 0) is 0 Å². The van der Waals surface area contributed by atoms with Crippen molar-refractivity contribution >= 4 is 28.3 Å². The quantitative estimate of drug-likeness (QED) is 0.778. The third-order valence-electron chi connectivity index (χ3n) is 3.32. The van der Waals surface area contributed by atoms with Crippen molar-refractivity contribution in [2.45, 2.75) is 26.8 Å². The Morgan fingerprint density at radius 3 is 2.79 bits per heavy atom. The molecule has 0 aliphatic rings. The molecule has 0 aliphatic carbocycles. The molecular weight excluding hydrogens is 256 g/mol. The normalized spacial score (nSPS) is 13.0. The largest absolute Gasteiger partial charge is 0.369 e. The van der Waals surface area contributed by atoms with Gasteiger partial charge in [0.15, 0.2) is 0 Å². The fourth-order valence-corrected chi connectivity index (χ4v) is 3.22. The predicted octanol–water partition coefficient (Wildman–Crippen LogP) is 3.30. The lowest BCUT2D eigenvalue weighted by Crippen LogP contribution is -2.10. The highest BCUT2D eigenvalue weighted by molar-refractivity contribution is 7.11. The first-order valence-corrected chi connectivity index (χ1v) is 7.05. The van der Waals surface area contributed by atoms with Crippen LogP contribution in [0.25, 0.3) is 11.0 Å². The van der Waals surface area contributed by atoms with Crippen LogP contribution in [0.3, 0.4) is 0 Å². The molecule has 0 radical (unpaired) electrons. The maximum absolute atomic E-state index is 6.10. The van der Waals surface area contributed by atoms with Gasteiger partial charge in [-0.15, -0.1) is 11.3 Å². The van der Waals surface area contributed by atoms with Crippen LogP contribution < -0.4 is 5.73 Å². The van der Waals surface area contributed by atoms with Gasteiger partial charge in [0.25, 0.3) is 0 Å². The molecular formula is C14H16N4S. The van der Waals surface area contributed by atoms with Crippen LogP contribution in [0.5, 0.6) is 0 Å². The molecule has 19 heavy (non-hydrogen) atoms. The molecule has 0 bridgehead atoms. The van der Waals surface area contributed by atoms with E-state index in [2.05, 4.69) is 41.4 Å². The number of aryl methyl sites for hydroxylation is 2. The minimum absolute atomic E-state index is 0.102. The van der Waals surface area contributed by atoms with Crippen LogP contribution in [0, 0.1) is 13.8 Å². The molecule has 0 saturated heterocycles. The molecule has 2 N–H and O–H groups in total. The Labute approximate surface area is 115 Å². The van der Waals surface area contributed by atoms with Crippen molar-refractivity contribution in [3.05, 3.63) is 39.8 Å². The number of hydrogen-bond acceptors (Lipinski definition) is 4. The number of para-hydroxylation sites is 1. The number of aromatic nitrogens is 3. The summed E-state index contributed by atoms with van der Waals surface area (Å²) in [7, 11) is 0. The molecule has 5 heteroatoms. The zero-order chi connectivity index (χ0) is 13.6. The van der Waals surface area contributed by atoms with E-state index in [1.807, 2.05) is 18.3 Å². The van der Waals surface area contributed by atoms with Gasteiger partial charge in [0.1, 0.15) is 5.01 Å². The Kier molecular flexibility index (Phi) is 2.78. The van der Waals surface area contributed by atoms with Crippen molar-refractivity contribution in [3.63, 3.8) is 0 Å². The predicted molar refractivity (Wildman–Crippen MR) is 79.5 cm³/mol. The number of nitrogens with zero attached hydrogens (tertiary/aromatic N) is 3. The van der Waals surface area contributed by atoms with Gasteiger partial charge in [-0.05, 0) is 32.4 Å². The summed E-state index contributed by atoms with van der Waals surface area (Å²) < 4.78 is 2.07. The molecule has 2 aromatic heterocycles. The zero-order valence-electron chi connectivity index (χ0n) is 11.2. The second kappa shape index (κ2) is 4.35. The fraction of sp³-hybridized carbons (Fsp3) is 0.286. The fourth-order valence-electron chi connectivity index (χ4n) is 2.41. The molecule has 1 atom stereocenters. The Bertz CT molecular complexity index is 741. The third kappa shape index (κ3) is 1.90. The number of thiazole rings is 1. The summed E-state index contributed by atoms with van der Waals surface area (Å²) in [5.41, 5.74) is 9.32. The summed E-state index contributed by atoms with van der Waals surface area (Å²) >= 11 is 1.70. The van der Waals surface area contributed by atoms with E-state index in [1.165, 1.54) is 10.4 Å². The average Bonchev–Trinajstić information content (AvgIpc) is 2.92. The minimum atomic E-state index is 0.102. The van der Waals surface area contributed by atoms with Gasteiger partial charge in [-0.25, -0.2) is 9.97 Å². The second-order valence-electron chi connectivity index (χ2n) is 4.77. The summed E-state index contributed by atoms with van der Waals surface area (Å²) in [6, 6.07) is 6.19. The van der Waals surface area contributed by atoms with Gasteiger partial charge < -0.3 is 10.3 Å². The molecule has 3 aromatic rings. The molecule has 0 spiro atoms. The van der Waals surface area contributed by atoms with Crippen LogP contribution in [0.15, 0.2) is 24.4 Å². The monoisotopic (exact) mass is 272 g/mol. The van der Waals surface area contributed by atoms with Crippen molar-refractivity contribution in [2.24, 2.45) is 0 Å². The van der Waals surface area contributed by atoms with E-state index >= 15 is 0 Å². The van der Waals surface area contributed by atoms with E-state index in [1.54, 1.807) is 11.3 Å². The van der Waals surface area contributed by atoms with E-state index in [0.29, 0.717) is 5.95 Å². The van der Waals surface area contributed by atoms with Gasteiger partial charge in [0.2, 0.25) is 5.95 Å². The zero-order valence-corrected chi connectivity index (χ0v) is 12.0. The van der Waals surface area contributed by atoms with E-state index in [0.717, 1.165) is 16.0 Å². The van der Waals surface area contributed by atoms with Gasteiger partial charge in [-0.2, -0.15) is 0 Å². The van der Waals surface area contributed by atoms with Gasteiger partial charge in [-0.1, -0.05) is 12.1 Å². The van der Waals surface area contributed by atoms with Crippen molar-refractivity contribution in [1.82, 2.24) is 14.5 Å². The van der Waals surface area contributed by atoms with Crippen molar-refractivity contribution < 1.29 is 0 Å². The van der Waals surface area contributed by atoms with Gasteiger partial charge >= 0.3 is 0 Å². The van der Waals surface area contributed by atoms with E-state index in [-0.39, 0.29) is 6.04 Å². The van der Waals surface area contributed by atoms with Crippen LogP contribution >= 0.6 is 11.3 Å². The van der Waals surface area contributed by atoms with Gasteiger partial charge in [0, 0.05) is 11.1 Å². The van der Waals surface area contributed by atoms with E-state index in [9.17, 15) is 0 Å². The standard InChI is InChI=1S/C14H16N4S/c1-8-5-4-6-11-12(8)18(14(15)17-11)10(3)13-16-7-9(2)19-13/h4-7,10H,1-3H3,(H2,15,17). The second-order valence-corrected chi connectivity index (χ2v) is 6.03. The number of imidazole rings is 1. The highest BCUT2D eigenvalue weighted by atomic mass is 32.1. The Morgan fingerprint density at radius 2 is 2.11 bits per heavy atom.